The Labute approximate surface area is 130 Å². The average molecular weight is 300 g/mol. The number of aromatic nitrogens is 2. The Morgan fingerprint density at radius 1 is 1.29 bits per heavy atom. The fourth-order valence-corrected chi connectivity index (χ4v) is 2.84. The molecular weight excluding hydrogens is 280 g/mol. The molecule has 0 spiro atoms. The lowest BCUT2D eigenvalue weighted by molar-refractivity contribution is 0.101. The molecule has 1 heterocycles. The molecule has 0 aliphatic rings. The van der Waals surface area contributed by atoms with E-state index in [4.69, 9.17) is 12.2 Å². The fourth-order valence-electron chi connectivity index (χ4n) is 2.46. The molecule has 0 aliphatic carbocycles. The van der Waals surface area contributed by atoms with Gasteiger partial charge in [0.25, 0.3) is 0 Å². The minimum Gasteiger partial charge on any atom is -0.329 e. The van der Waals surface area contributed by atoms with E-state index in [0.29, 0.717) is 10.2 Å². The first-order valence-corrected chi connectivity index (χ1v) is 7.64. The van der Waals surface area contributed by atoms with Crippen LogP contribution in [0.2, 0.25) is 0 Å². The fraction of sp³-hybridized carbons (Fsp3) is 0.353. The summed E-state index contributed by atoms with van der Waals surface area (Å²) in [6.07, 6.45) is 2.13. The molecule has 2 rings (SSSR count). The van der Waals surface area contributed by atoms with Crippen molar-refractivity contribution in [3.05, 3.63) is 46.2 Å². The van der Waals surface area contributed by atoms with E-state index >= 15 is 0 Å². The van der Waals surface area contributed by atoms with Crippen molar-refractivity contribution >= 4 is 18.0 Å². The minimum absolute atomic E-state index is 0.0186. The number of nitrogens with zero attached hydrogens (tertiary/aromatic N) is 2. The van der Waals surface area contributed by atoms with Crippen molar-refractivity contribution in [1.29, 1.82) is 0 Å². The normalized spacial score (nSPS) is 10.6. The van der Waals surface area contributed by atoms with Gasteiger partial charge in [-0.1, -0.05) is 55.9 Å². The highest BCUT2D eigenvalue weighted by atomic mass is 32.1. The van der Waals surface area contributed by atoms with Crippen LogP contribution in [0, 0.1) is 11.6 Å². The lowest BCUT2D eigenvalue weighted by Crippen LogP contribution is -2.15. The smallest absolute Gasteiger partial charge is 0.164 e. The summed E-state index contributed by atoms with van der Waals surface area (Å²) in [5.74, 6) is 0.825. The van der Waals surface area contributed by atoms with E-state index in [0.717, 1.165) is 36.5 Å². The summed E-state index contributed by atoms with van der Waals surface area (Å²) in [7, 11) is 0. The Kier molecular flexibility index (Phi) is 5.02. The molecule has 2 aromatic rings. The van der Waals surface area contributed by atoms with Crippen molar-refractivity contribution in [3.8, 4) is 11.4 Å². The number of ketones is 1. The number of benzene rings is 1. The van der Waals surface area contributed by atoms with Crippen LogP contribution in [0.25, 0.3) is 11.4 Å². The third kappa shape index (κ3) is 3.27. The number of Topliss-reactive ketones (excluding diaryl/α,β-unsaturated/α-hetero) is 1. The predicted molar refractivity (Wildman–Crippen MR) is 88.1 cm³/mol. The first kappa shape index (κ1) is 15.6. The van der Waals surface area contributed by atoms with E-state index in [-0.39, 0.29) is 5.78 Å². The maximum absolute atomic E-state index is 11.8. The van der Waals surface area contributed by atoms with E-state index in [1.165, 1.54) is 0 Å². The molecule has 0 aliphatic heterocycles. The Balaban J connectivity index is 2.69. The molecule has 4 heteroatoms. The Bertz CT molecular complexity index is 705. The summed E-state index contributed by atoms with van der Waals surface area (Å²) in [5, 5.41) is 0. The predicted octanol–water partition coefficient (Wildman–Crippen LogP) is 4.59. The summed E-state index contributed by atoms with van der Waals surface area (Å²) in [6.45, 7) is 6.50. The highest BCUT2D eigenvalue weighted by molar-refractivity contribution is 7.71. The molecule has 0 unspecified atom stereocenters. The molecule has 0 N–H and O–H groups in total. The van der Waals surface area contributed by atoms with Crippen LogP contribution in [0.1, 0.15) is 42.7 Å². The van der Waals surface area contributed by atoms with Crippen LogP contribution in [0.4, 0.5) is 0 Å². The Morgan fingerprint density at radius 3 is 2.52 bits per heavy atom. The molecule has 3 nitrogen and oxygen atoms in total. The van der Waals surface area contributed by atoms with Gasteiger partial charge in [0, 0.05) is 17.8 Å². The minimum atomic E-state index is -0.0186. The van der Waals surface area contributed by atoms with E-state index in [9.17, 15) is 4.79 Å². The Morgan fingerprint density at radius 2 is 1.95 bits per heavy atom. The third-order valence-electron chi connectivity index (χ3n) is 3.56. The largest absolute Gasteiger partial charge is 0.329 e. The van der Waals surface area contributed by atoms with Crippen molar-refractivity contribution in [2.24, 2.45) is 0 Å². The van der Waals surface area contributed by atoms with Gasteiger partial charge < -0.3 is 4.57 Å². The zero-order valence-corrected chi connectivity index (χ0v) is 13.5. The SMILES string of the molecule is CCCCn1c(-c2ccccc2)nc(=S)c(C(C)=O)c1C. The van der Waals surface area contributed by atoms with Gasteiger partial charge in [0.15, 0.2) is 5.78 Å². The van der Waals surface area contributed by atoms with Crippen LogP contribution >= 0.6 is 12.2 Å². The second-order valence-electron chi connectivity index (χ2n) is 5.13. The lowest BCUT2D eigenvalue weighted by atomic mass is 10.1. The maximum atomic E-state index is 11.8. The molecule has 1 aromatic heterocycles. The molecule has 21 heavy (non-hydrogen) atoms. The van der Waals surface area contributed by atoms with Crippen molar-refractivity contribution in [2.45, 2.75) is 40.2 Å². The third-order valence-corrected chi connectivity index (χ3v) is 3.86. The van der Waals surface area contributed by atoms with E-state index in [2.05, 4.69) is 16.5 Å². The average Bonchev–Trinajstić information content (AvgIpc) is 2.46. The van der Waals surface area contributed by atoms with Crippen LogP contribution in [0.5, 0.6) is 0 Å². The molecule has 0 bridgehead atoms. The molecule has 0 atom stereocenters. The van der Waals surface area contributed by atoms with Gasteiger partial charge in [0.2, 0.25) is 0 Å². The number of rotatable bonds is 5. The number of hydrogen-bond donors (Lipinski definition) is 0. The first-order valence-electron chi connectivity index (χ1n) is 7.24. The monoisotopic (exact) mass is 300 g/mol. The van der Waals surface area contributed by atoms with Crippen molar-refractivity contribution < 1.29 is 4.79 Å². The van der Waals surface area contributed by atoms with Gasteiger partial charge in [-0.3, -0.25) is 4.79 Å². The molecule has 0 radical (unpaired) electrons. The van der Waals surface area contributed by atoms with Crippen LogP contribution in [0.3, 0.4) is 0 Å². The van der Waals surface area contributed by atoms with Crippen LogP contribution in [-0.2, 0) is 6.54 Å². The molecule has 110 valence electrons. The second kappa shape index (κ2) is 6.76. The number of hydrogen-bond acceptors (Lipinski definition) is 3. The molecule has 0 saturated heterocycles. The molecule has 0 saturated carbocycles. The number of unbranched alkanes of at least 4 members (excludes halogenated alkanes) is 1. The first-order chi connectivity index (χ1) is 10.1. The van der Waals surface area contributed by atoms with Gasteiger partial charge in [-0.2, -0.15) is 0 Å². The quantitative estimate of drug-likeness (QED) is 0.598. The zero-order valence-electron chi connectivity index (χ0n) is 12.7. The number of carbonyl (C=O) groups is 1. The van der Waals surface area contributed by atoms with Crippen LogP contribution in [-0.4, -0.2) is 15.3 Å². The zero-order chi connectivity index (χ0) is 15.4. The molecule has 0 fully saturated rings. The Hall–Kier alpha value is -1.81. The van der Waals surface area contributed by atoms with Crippen LogP contribution < -0.4 is 0 Å². The van der Waals surface area contributed by atoms with E-state index in [1.54, 1.807) is 6.92 Å². The van der Waals surface area contributed by atoms with Gasteiger partial charge in [-0.15, -0.1) is 0 Å². The highest BCUT2D eigenvalue weighted by Gasteiger charge is 2.15. The van der Waals surface area contributed by atoms with Crippen LogP contribution in [0.15, 0.2) is 30.3 Å². The van der Waals surface area contributed by atoms with E-state index in [1.807, 2.05) is 37.3 Å². The molecule has 0 amide bonds. The van der Waals surface area contributed by atoms with Crippen molar-refractivity contribution in [3.63, 3.8) is 0 Å². The maximum Gasteiger partial charge on any atom is 0.164 e. The summed E-state index contributed by atoms with van der Waals surface area (Å²) in [5.41, 5.74) is 2.51. The summed E-state index contributed by atoms with van der Waals surface area (Å²) in [6, 6.07) is 9.99. The second-order valence-corrected chi connectivity index (χ2v) is 5.52. The summed E-state index contributed by atoms with van der Waals surface area (Å²) in [4.78, 5) is 16.4. The van der Waals surface area contributed by atoms with Gasteiger partial charge in [-0.05, 0) is 20.3 Å². The van der Waals surface area contributed by atoms with Crippen molar-refractivity contribution in [1.82, 2.24) is 9.55 Å². The number of carbonyl (C=O) groups excluding carboxylic acids is 1. The highest BCUT2D eigenvalue weighted by Crippen LogP contribution is 2.22. The molecule has 1 aromatic carbocycles. The topological polar surface area (TPSA) is 34.9 Å². The lowest BCUT2D eigenvalue weighted by Gasteiger charge is -2.18. The standard InChI is InChI=1S/C17H20N2OS/c1-4-5-11-19-12(2)15(13(3)20)17(21)18-16(19)14-9-7-6-8-10-14/h6-10H,4-5,11H2,1-3H3. The van der Waals surface area contributed by atoms with Gasteiger partial charge >= 0.3 is 0 Å². The molecular formula is C17H20N2OS. The van der Waals surface area contributed by atoms with Gasteiger partial charge in [0.05, 0.1) is 5.56 Å². The van der Waals surface area contributed by atoms with E-state index < -0.39 is 0 Å². The summed E-state index contributed by atoms with van der Waals surface area (Å²) >= 11 is 5.33. The summed E-state index contributed by atoms with van der Waals surface area (Å²) < 4.78 is 2.51. The van der Waals surface area contributed by atoms with Gasteiger partial charge in [-0.25, -0.2) is 4.98 Å². The van der Waals surface area contributed by atoms with Gasteiger partial charge in [0.1, 0.15) is 10.5 Å². The van der Waals surface area contributed by atoms with Crippen molar-refractivity contribution in [2.75, 3.05) is 0 Å².